The first-order valence-corrected chi connectivity index (χ1v) is 7.55. The van der Waals surface area contributed by atoms with Crippen LogP contribution in [-0.4, -0.2) is 35.7 Å². The lowest BCUT2D eigenvalue weighted by molar-refractivity contribution is 0.122. The number of hydrogen-bond donors (Lipinski definition) is 0. The van der Waals surface area contributed by atoms with E-state index in [0.29, 0.717) is 0 Å². The van der Waals surface area contributed by atoms with Crippen molar-refractivity contribution < 1.29 is 18.0 Å². The molecule has 0 spiro atoms. The Morgan fingerprint density at radius 2 is 1.39 bits per heavy atom. The topological polar surface area (TPSA) is 36.9 Å². The molecule has 0 aliphatic heterocycles. The van der Waals surface area contributed by atoms with Gasteiger partial charge in [0.2, 0.25) is 0 Å². The molecule has 0 aliphatic rings. The van der Waals surface area contributed by atoms with E-state index in [1.165, 1.54) is 0 Å². The van der Waals surface area contributed by atoms with Gasteiger partial charge in [-0.05, 0) is 26.8 Å². The Balaban J connectivity index is 3.23. The van der Waals surface area contributed by atoms with Crippen LogP contribution in [0.3, 0.4) is 0 Å². The van der Waals surface area contributed by atoms with E-state index in [9.17, 15) is 0 Å². The minimum absolute atomic E-state index is 0.286. The van der Waals surface area contributed by atoms with Crippen molar-refractivity contribution in [2.24, 2.45) is 0 Å². The molecule has 4 nitrogen and oxygen atoms in total. The van der Waals surface area contributed by atoms with Crippen LogP contribution in [0, 0.1) is 0 Å². The molecule has 0 saturated heterocycles. The molecular formula is C13H22O4Si. The second kappa shape index (κ2) is 5.84. The van der Waals surface area contributed by atoms with Gasteiger partial charge in [0.05, 0.1) is 5.19 Å². The third-order valence-electron chi connectivity index (χ3n) is 2.44. The molecule has 0 bridgehead atoms. The number of para-hydroxylation sites is 1. The Labute approximate surface area is 110 Å². The summed E-state index contributed by atoms with van der Waals surface area (Å²) in [5.74, 6) is 0.738. The maximum absolute atomic E-state index is 5.94. The highest BCUT2D eigenvalue weighted by Gasteiger charge is 2.43. The standard InChI is InChI=1S/C13H22O4Si/c1-13(2,3)17-11-9-7-8-10-12(11)18(14-4,15-5)16-6/h7-10H,1-6H3. The van der Waals surface area contributed by atoms with Crippen molar-refractivity contribution in [1.29, 1.82) is 0 Å². The summed E-state index contributed by atoms with van der Waals surface area (Å²) >= 11 is 0. The van der Waals surface area contributed by atoms with Crippen molar-refractivity contribution in [1.82, 2.24) is 0 Å². The van der Waals surface area contributed by atoms with E-state index in [2.05, 4.69) is 0 Å². The average Bonchev–Trinajstić information content (AvgIpc) is 2.32. The van der Waals surface area contributed by atoms with Gasteiger partial charge >= 0.3 is 8.80 Å². The predicted molar refractivity (Wildman–Crippen MR) is 73.2 cm³/mol. The van der Waals surface area contributed by atoms with Crippen LogP contribution >= 0.6 is 0 Å². The quantitative estimate of drug-likeness (QED) is 0.766. The van der Waals surface area contributed by atoms with Crippen LogP contribution in [0.1, 0.15) is 20.8 Å². The lowest BCUT2D eigenvalue weighted by Crippen LogP contribution is -2.55. The number of hydrogen-bond acceptors (Lipinski definition) is 4. The molecule has 0 fully saturated rings. The van der Waals surface area contributed by atoms with Gasteiger partial charge in [-0.15, -0.1) is 0 Å². The van der Waals surface area contributed by atoms with Gasteiger partial charge in [-0.2, -0.15) is 0 Å². The molecule has 1 rings (SSSR count). The van der Waals surface area contributed by atoms with Crippen LogP contribution < -0.4 is 9.92 Å². The van der Waals surface area contributed by atoms with E-state index in [1.807, 2.05) is 45.0 Å². The van der Waals surface area contributed by atoms with Crippen LogP contribution in [-0.2, 0) is 13.3 Å². The average molecular weight is 270 g/mol. The van der Waals surface area contributed by atoms with Gasteiger partial charge in [0.15, 0.2) is 0 Å². The summed E-state index contributed by atoms with van der Waals surface area (Å²) in [6.45, 7) is 6.00. The van der Waals surface area contributed by atoms with E-state index in [1.54, 1.807) is 21.3 Å². The maximum atomic E-state index is 5.94. The first-order chi connectivity index (χ1) is 8.38. The van der Waals surface area contributed by atoms with Gasteiger partial charge in [0.25, 0.3) is 0 Å². The number of ether oxygens (including phenoxy) is 1. The van der Waals surface area contributed by atoms with E-state index >= 15 is 0 Å². The summed E-state index contributed by atoms with van der Waals surface area (Å²) in [6, 6.07) is 7.66. The minimum Gasteiger partial charge on any atom is -0.488 e. The van der Waals surface area contributed by atoms with E-state index < -0.39 is 8.80 Å². The molecule has 0 N–H and O–H groups in total. The highest BCUT2D eigenvalue weighted by atomic mass is 28.4. The van der Waals surface area contributed by atoms with E-state index in [4.69, 9.17) is 18.0 Å². The Bertz CT molecular complexity index is 375. The third-order valence-corrected chi connectivity index (χ3v) is 5.12. The van der Waals surface area contributed by atoms with Crippen molar-refractivity contribution in [2.75, 3.05) is 21.3 Å². The Morgan fingerprint density at radius 1 is 0.889 bits per heavy atom. The van der Waals surface area contributed by atoms with Crippen LogP contribution in [0.5, 0.6) is 5.75 Å². The first-order valence-electron chi connectivity index (χ1n) is 5.82. The van der Waals surface area contributed by atoms with Crippen LogP contribution in [0.2, 0.25) is 0 Å². The fourth-order valence-corrected chi connectivity index (χ4v) is 3.61. The third kappa shape index (κ3) is 3.32. The number of rotatable bonds is 5. The monoisotopic (exact) mass is 270 g/mol. The molecular weight excluding hydrogens is 248 g/mol. The molecule has 0 amide bonds. The zero-order valence-corrected chi connectivity index (χ0v) is 12.9. The summed E-state index contributed by atoms with van der Waals surface area (Å²) < 4.78 is 22.4. The van der Waals surface area contributed by atoms with Crippen molar-refractivity contribution in [2.45, 2.75) is 26.4 Å². The van der Waals surface area contributed by atoms with Gasteiger partial charge in [-0.3, -0.25) is 0 Å². The molecule has 5 heteroatoms. The second-order valence-electron chi connectivity index (χ2n) is 4.88. The van der Waals surface area contributed by atoms with Gasteiger partial charge in [-0.1, -0.05) is 18.2 Å². The summed E-state index contributed by atoms with van der Waals surface area (Å²) in [4.78, 5) is 0. The molecule has 0 radical (unpaired) electrons. The molecule has 0 heterocycles. The van der Waals surface area contributed by atoms with Crippen LogP contribution in [0.15, 0.2) is 24.3 Å². The molecule has 1 aromatic carbocycles. The van der Waals surface area contributed by atoms with Crippen molar-refractivity contribution in [3.05, 3.63) is 24.3 Å². The Kier molecular flexibility index (Phi) is 4.92. The zero-order valence-electron chi connectivity index (χ0n) is 11.9. The van der Waals surface area contributed by atoms with Crippen molar-refractivity contribution in [3.63, 3.8) is 0 Å². The molecule has 0 unspecified atom stereocenters. The summed E-state index contributed by atoms with van der Waals surface area (Å²) in [6.07, 6.45) is 0. The van der Waals surface area contributed by atoms with Crippen molar-refractivity contribution >= 4 is 14.0 Å². The molecule has 0 aliphatic carbocycles. The Hall–Kier alpha value is -0.883. The van der Waals surface area contributed by atoms with Gasteiger partial charge in [-0.25, -0.2) is 0 Å². The summed E-state index contributed by atoms with van der Waals surface area (Å²) in [5.41, 5.74) is -0.286. The fraction of sp³-hybridized carbons (Fsp3) is 0.538. The molecule has 0 saturated carbocycles. The van der Waals surface area contributed by atoms with E-state index in [0.717, 1.165) is 10.9 Å². The molecule has 0 atom stereocenters. The largest absolute Gasteiger partial charge is 0.540 e. The fourth-order valence-electron chi connectivity index (χ4n) is 1.72. The maximum Gasteiger partial charge on any atom is 0.540 e. The van der Waals surface area contributed by atoms with Crippen LogP contribution in [0.4, 0.5) is 0 Å². The molecule has 1 aromatic rings. The van der Waals surface area contributed by atoms with E-state index in [-0.39, 0.29) is 5.60 Å². The van der Waals surface area contributed by atoms with Gasteiger partial charge in [0.1, 0.15) is 11.4 Å². The zero-order chi connectivity index (χ0) is 13.8. The Morgan fingerprint density at radius 3 is 1.83 bits per heavy atom. The van der Waals surface area contributed by atoms with Crippen molar-refractivity contribution in [3.8, 4) is 5.75 Å². The predicted octanol–water partition coefficient (Wildman–Crippen LogP) is 1.95. The number of benzene rings is 1. The van der Waals surface area contributed by atoms with Gasteiger partial charge < -0.3 is 18.0 Å². The highest BCUT2D eigenvalue weighted by Crippen LogP contribution is 2.20. The van der Waals surface area contributed by atoms with Gasteiger partial charge in [0, 0.05) is 21.3 Å². The summed E-state index contributed by atoms with van der Waals surface area (Å²) in [5, 5.41) is 0.840. The lowest BCUT2D eigenvalue weighted by Gasteiger charge is -2.29. The lowest BCUT2D eigenvalue weighted by atomic mass is 10.2. The SMILES string of the molecule is CO[Si](OC)(OC)c1ccccc1OC(C)(C)C. The summed E-state index contributed by atoms with van der Waals surface area (Å²) in [7, 11) is 1.91. The second-order valence-corrected chi connectivity index (χ2v) is 7.75. The minimum atomic E-state index is -2.86. The first kappa shape index (κ1) is 15.2. The van der Waals surface area contributed by atoms with Crippen LogP contribution in [0.25, 0.3) is 0 Å². The smallest absolute Gasteiger partial charge is 0.488 e. The molecule has 102 valence electrons. The normalized spacial score (nSPS) is 12.6. The molecule has 0 aromatic heterocycles. The highest BCUT2D eigenvalue weighted by molar-refractivity contribution is 6.76. The molecule has 18 heavy (non-hydrogen) atoms.